The Labute approximate surface area is 119 Å². The van der Waals surface area contributed by atoms with E-state index in [4.69, 9.17) is 15.1 Å². The molecule has 0 atom stereocenters. The third-order valence-corrected chi connectivity index (χ3v) is 4.78. The van der Waals surface area contributed by atoms with E-state index in [-0.39, 0.29) is 0 Å². The molecule has 0 amide bonds. The summed E-state index contributed by atoms with van der Waals surface area (Å²) >= 11 is 1.36. The Morgan fingerprint density at radius 3 is 3.05 bits per heavy atom. The van der Waals surface area contributed by atoms with Gasteiger partial charge in [-0.3, -0.25) is 0 Å². The molecule has 0 saturated heterocycles. The lowest BCUT2D eigenvalue weighted by molar-refractivity contribution is 0.582. The molecule has 4 nitrogen and oxygen atoms in total. The molecule has 3 heterocycles. The number of pyridine rings is 1. The molecule has 1 aliphatic rings. The number of aromatic nitrogens is 1. The maximum absolute atomic E-state index is 9.18. The van der Waals surface area contributed by atoms with E-state index in [2.05, 4.69) is 6.07 Å². The number of rotatable bonds is 1. The highest BCUT2D eigenvalue weighted by atomic mass is 32.1. The first-order chi connectivity index (χ1) is 9.79. The largest absolute Gasteiger partial charge is 0.464 e. The molecule has 0 radical (unpaired) electrons. The van der Waals surface area contributed by atoms with Crippen molar-refractivity contribution in [2.75, 3.05) is 5.73 Å². The number of nitriles is 1. The highest BCUT2D eigenvalue weighted by Gasteiger charge is 2.25. The Hall–Kier alpha value is -2.32. The van der Waals surface area contributed by atoms with Crippen LogP contribution in [0, 0.1) is 11.3 Å². The van der Waals surface area contributed by atoms with Gasteiger partial charge in [-0.1, -0.05) is 0 Å². The first-order valence-corrected chi connectivity index (χ1v) is 7.29. The molecule has 98 valence electrons. The molecule has 0 aliphatic heterocycles. The summed E-state index contributed by atoms with van der Waals surface area (Å²) in [7, 11) is 0. The van der Waals surface area contributed by atoms with Gasteiger partial charge in [0, 0.05) is 16.6 Å². The zero-order valence-corrected chi connectivity index (χ0v) is 11.5. The quantitative estimate of drug-likeness (QED) is 0.740. The van der Waals surface area contributed by atoms with Crippen molar-refractivity contribution in [2.45, 2.75) is 19.3 Å². The van der Waals surface area contributed by atoms with Crippen LogP contribution in [0.5, 0.6) is 0 Å². The van der Waals surface area contributed by atoms with Gasteiger partial charge >= 0.3 is 0 Å². The average molecular weight is 281 g/mol. The van der Waals surface area contributed by atoms with Gasteiger partial charge in [0.25, 0.3) is 0 Å². The van der Waals surface area contributed by atoms with Crippen LogP contribution in [0.1, 0.15) is 22.6 Å². The molecule has 2 N–H and O–H groups in total. The molecule has 0 unspecified atom stereocenters. The normalized spacial score (nSPS) is 13.6. The van der Waals surface area contributed by atoms with Crippen molar-refractivity contribution in [2.24, 2.45) is 0 Å². The second-order valence-electron chi connectivity index (χ2n) is 4.88. The minimum absolute atomic E-state index is 0.529. The maximum atomic E-state index is 9.18. The third-order valence-electron chi connectivity index (χ3n) is 3.77. The highest BCUT2D eigenvalue weighted by molar-refractivity contribution is 7.20. The molecular weight excluding hydrogens is 270 g/mol. The number of nitrogens with two attached hydrogens (primary N) is 1. The molecule has 3 aromatic heterocycles. The lowest BCUT2D eigenvalue weighted by Crippen LogP contribution is -1.95. The molecule has 0 saturated carbocycles. The number of nitrogen functional groups attached to an aromatic ring is 1. The van der Waals surface area contributed by atoms with Crippen molar-refractivity contribution >= 4 is 27.2 Å². The summed E-state index contributed by atoms with van der Waals surface area (Å²) in [6, 6.07) is 5.97. The molecular formula is C15H11N3OS. The summed E-state index contributed by atoms with van der Waals surface area (Å²) in [4.78, 5) is 6.07. The van der Waals surface area contributed by atoms with E-state index in [9.17, 15) is 5.26 Å². The van der Waals surface area contributed by atoms with Crippen LogP contribution in [0.4, 0.5) is 5.69 Å². The van der Waals surface area contributed by atoms with E-state index >= 15 is 0 Å². The predicted molar refractivity (Wildman–Crippen MR) is 78.5 cm³/mol. The zero-order valence-electron chi connectivity index (χ0n) is 10.6. The predicted octanol–water partition coefficient (Wildman–Crippen LogP) is 3.50. The molecule has 0 fully saturated rings. The summed E-state index contributed by atoms with van der Waals surface area (Å²) in [5.41, 5.74) is 10.1. The van der Waals surface area contributed by atoms with Crippen LogP contribution in [0.25, 0.3) is 21.5 Å². The van der Waals surface area contributed by atoms with E-state index in [0.29, 0.717) is 10.6 Å². The van der Waals surface area contributed by atoms with Gasteiger partial charge in [0.05, 0.1) is 12.0 Å². The number of thiophene rings is 1. The number of hydrogen-bond donors (Lipinski definition) is 1. The molecule has 1 aliphatic carbocycles. The van der Waals surface area contributed by atoms with Crippen molar-refractivity contribution in [3.05, 3.63) is 34.5 Å². The highest BCUT2D eigenvalue weighted by Crippen LogP contribution is 2.43. The Morgan fingerprint density at radius 1 is 1.40 bits per heavy atom. The van der Waals surface area contributed by atoms with Gasteiger partial charge in [-0.15, -0.1) is 11.3 Å². The maximum Gasteiger partial charge on any atom is 0.134 e. The first kappa shape index (κ1) is 11.5. The lowest BCUT2D eigenvalue weighted by Gasteiger charge is -2.08. The van der Waals surface area contributed by atoms with Crippen LogP contribution >= 0.6 is 11.3 Å². The van der Waals surface area contributed by atoms with E-state index in [1.165, 1.54) is 16.9 Å². The van der Waals surface area contributed by atoms with Crippen molar-refractivity contribution in [1.82, 2.24) is 4.98 Å². The Kier molecular flexibility index (Phi) is 2.35. The summed E-state index contributed by atoms with van der Waals surface area (Å²) in [6.45, 7) is 0. The summed E-state index contributed by atoms with van der Waals surface area (Å²) in [5, 5.41) is 10.1. The van der Waals surface area contributed by atoms with E-state index in [1.807, 2.05) is 12.1 Å². The number of furan rings is 1. The molecule has 0 aromatic carbocycles. The smallest absolute Gasteiger partial charge is 0.134 e. The number of anilines is 1. The van der Waals surface area contributed by atoms with Gasteiger partial charge in [0.1, 0.15) is 21.5 Å². The van der Waals surface area contributed by atoms with Gasteiger partial charge in [-0.2, -0.15) is 5.26 Å². The number of fused-ring (bicyclic) bond motifs is 2. The molecule has 20 heavy (non-hydrogen) atoms. The zero-order chi connectivity index (χ0) is 13.7. The van der Waals surface area contributed by atoms with Crippen LogP contribution < -0.4 is 5.73 Å². The van der Waals surface area contributed by atoms with Gasteiger partial charge < -0.3 is 10.2 Å². The van der Waals surface area contributed by atoms with Gasteiger partial charge in [-0.05, 0) is 37.0 Å². The van der Waals surface area contributed by atoms with E-state index in [1.54, 1.807) is 6.26 Å². The number of aryl methyl sites for hydroxylation is 1. The van der Waals surface area contributed by atoms with Crippen LogP contribution in [0.2, 0.25) is 0 Å². The second-order valence-corrected chi connectivity index (χ2v) is 5.88. The Morgan fingerprint density at radius 2 is 2.30 bits per heavy atom. The minimum atomic E-state index is 0.529. The van der Waals surface area contributed by atoms with Crippen molar-refractivity contribution in [3.63, 3.8) is 0 Å². The monoisotopic (exact) mass is 281 g/mol. The van der Waals surface area contributed by atoms with Crippen molar-refractivity contribution < 1.29 is 4.42 Å². The first-order valence-electron chi connectivity index (χ1n) is 6.47. The number of nitrogens with zero attached hydrogens (tertiary/aromatic N) is 2. The Balaban J connectivity index is 2.18. The van der Waals surface area contributed by atoms with Crippen LogP contribution in [-0.4, -0.2) is 4.98 Å². The van der Waals surface area contributed by atoms with Gasteiger partial charge in [0.15, 0.2) is 0 Å². The lowest BCUT2D eigenvalue weighted by atomic mass is 10.0. The molecule has 3 aromatic rings. The summed E-state index contributed by atoms with van der Waals surface area (Å²) in [5.74, 6) is 0.810. The van der Waals surface area contributed by atoms with Gasteiger partial charge in [0.2, 0.25) is 0 Å². The number of hydrogen-bond acceptors (Lipinski definition) is 5. The molecule has 4 rings (SSSR count). The average Bonchev–Trinajstić information content (AvgIpc) is 3.16. The topological polar surface area (TPSA) is 75.8 Å². The van der Waals surface area contributed by atoms with Crippen LogP contribution in [0.3, 0.4) is 0 Å². The summed E-state index contributed by atoms with van der Waals surface area (Å²) in [6.07, 6.45) is 4.75. The second kappa shape index (κ2) is 4.09. The van der Waals surface area contributed by atoms with Crippen LogP contribution in [0.15, 0.2) is 22.8 Å². The third kappa shape index (κ3) is 1.43. The molecule has 0 bridgehead atoms. The SMILES string of the molecule is N#Cc1sc2nc3c(c(-c4ccco4)c2c1N)CCC3. The van der Waals surface area contributed by atoms with Crippen LogP contribution in [-0.2, 0) is 12.8 Å². The fourth-order valence-electron chi connectivity index (χ4n) is 2.92. The van der Waals surface area contributed by atoms with Crippen molar-refractivity contribution in [3.8, 4) is 17.4 Å². The van der Waals surface area contributed by atoms with E-state index < -0.39 is 0 Å². The Bertz CT molecular complexity index is 856. The molecule has 0 spiro atoms. The van der Waals surface area contributed by atoms with E-state index in [0.717, 1.165) is 46.5 Å². The minimum Gasteiger partial charge on any atom is -0.464 e. The fourth-order valence-corrected chi connectivity index (χ4v) is 3.84. The van der Waals surface area contributed by atoms with Crippen molar-refractivity contribution in [1.29, 1.82) is 5.26 Å². The standard InChI is InChI=1S/C15H11N3OS/c16-7-11-14(17)13-12(10-5-2-6-19-10)8-3-1-4-9(8)18-15(13)20-11/h2,5-6H,1,3-4,17H2. The fraction of sp³-hybridized carbons (Fsp3) is 0.200. The summed E-state index contributed by atoms with van der Waals surface area (Å²) < 4.78 is 5.59. The van der Waals surface area contributed by atoms with Gasteiger partial charge in [-0.25, -0.2) is 4.98 Å². The molecule has 5 heteroatoms.